The molecule has 1 unspecified atom stereocenters. The van der Waals surface area contributed by atoms with Crippen LogP contribution in [-0.4, -0.2) is 11.1 Å². The number of hydrogen-bond donors (Lipinski definition) is 1. The topological polar surface area (TPSA) is 37.3 Å². The number of rotatable bonds is 4. The summed E-state index contributed by atoms with van der Waals surface area (Å²) in [6.45, 7) is 6.08. The van der Waals surface area contributed by atoms with Crippen molar-refractivity contribution >= 4 is 5.97 Å². The van der Waals surface area contributed by atoms with Crippen LogP contribution in [0.5, 0.6) is 0 Å². The van der Waals surface area contributed by atoms with Crippen LogP contribution in [0.1, 0.15) is 33.7 Å². The van der Waals surface area contributed by atoms with Crippen LogP contribution in [0.15, 0.2) is 42.5 Å². The SMILES string of the molecule is Cc1cccc(CC(C(=O)O)c2ccc(C)c(C)c2)c1. The molecule has 0 fully saturated rings. The lowest BCUT2D eigenvalue weighted by atomic mass is 9.90. The summed E-state index contributed by atoms with van der Waals surface area (Å²) in [6.07, 6.45) is 0.527. The summed E-state index contributed by atoms with van der Waals surface area (Å²) < 4.78 is 0. The van der Waals surface area contributed by atoms with Gasteiger partial charge in [-0.2, -0.15) is 0 Å². The molecule has 2 rings (SSSR count). The lowest BCUT2D eigenvalue weighted by Gasteiger charge is -2.15. The van der Waals surface area contributed by atoms with Crippen molar-refractivity contribution < 1.29 is 9.90 Å². The van der Waals surface area contributed by atoms with E-state index in [2.05, 4.69) is 6.07 Å². The van der Waals surface area contributed by atoms with E-state index in [1.165, 1.54) is 5.56 Å². The maximum absolute atomic E-state index is 11.6. The van der Waals surface area contributed by atoms with Crippen LogP contribution in [0.25, 0.3) is 0 Å². The highest BCUT2D eigenvalue weighted by molar-refractivity contribution is 5.76. The number of benzene rings is 2. The Balaban J connectivity index is 2.32. The van der Waals surface area contributed by atoms with E-state index in [1.54, 1.807) is 0 Å². The molecule has 0 spiro atoms. The third-order valence-corrected chi connectivity index (χ3v) is 3.75. The van der Waals surface area contributed by atoms with Crippen LogP contribution >= 0.6 is 0 Å². The highest BCUT2D eigenvalue weighted by Gasteiger charge is 2.20. The molecular weight excluding hydrogens is 248 g/mol. The summed E-state index contributed by atoms with van der Waals surface area (Å²) in [4.78, 5) is 11.6. The molecule has 0 amide bonds. The Morgan fingerprint density at radius 1 is 1.05 bits per heavy atom. The normalized spacial score (nSPS) is 12.2. The van der Waals surface area contributed by atoms with Gasteiger partial charge in [0.15, 0.2) is 0 Å². The van der Waals surface area contributed by atoms with Crippen molar-refractivity contribution in [3.05, 3.63) is 70.3 Å². The summed E-state index contributed by atoms with van der Waals surface area (Å²) in [6, 6.07) is 14.0. The molecule has 0 saturated heterocycles. The van der Waals surface area contributed by atoms with Crippen LogP contribution < -0.4 is 0 Å². The summed E-state index contributed by atoms with van der Waals surface area (Å²) in [5, 5.41) is 9.52. The van der Waals surface area contributed by atoms with Crippen LogP contribution in [0, 0.1) is 20.8 Å². The number of aryl methyl sites for hydroxylation is 3. The Morgan fingerprint density at radius 3 is 2.40 bits per heavy atom. The second kappa shape index (κ2) is 5.91. The first-order valence-electron chi connectivity index (χ1n) is 6.83. The first-order valence-corrected chi connectivity index (χ1v) is 6.83. The van der Waals surface area contributed by atoms with Gasteiger partial charge in [-0.1, -0.05) is 48.0 Å². The molecule has 2 aromatic rings. The maximum atomic E-state index is 11.6. The quantitative estimate of drug-likeness (QED) is 0.909. The molecule has 0 aliphatic rings. The minimum absolute atomic E-state index is 0.490. The maximum Gasteiger partial charge on any atom is 0.311 e. The molecule has 0 aromatic heterocycles. The van der Waals surface area contributed by atoms with E-state index in [9.17, 15) is 9.90 Å². The summed E-state index contributed by atoms with van der Waals surface area (Å²) in [7, 11) is 0. The largest absolute Gasteiger partial charge is 0.481 e. The molecule has 1 atom stereocenters. The Hall–Kier alpha value is -2.09. The van der Waals surface area contributed by atoms with E-state index in [0.29, 0.717) is 6.42 Å². The third-order valence-electron chi connectivity index (χ3n) is 3.75. The second-order valence-electron chi connectivity index (χ2n) is 5.43. The van der Waals surface area contributed by atoms with Gasteiger partial charge in [0.2, 0.25) is 0 Å². The van der Waals surface area contributed by atoms with Gasteiger partial charge in [-0.3, -0.25) is 4.79 Å². The first kappa shape index (κ1) is 14.3. The zero-order chi connectivity index (χ0) is 14.7. The standard InChI is InChI=1S/C18H20O2/c1-12-5-4-6-15(9-12)11-17(18(19)20)16-8-7-13(2)14(3)10-16/h4-10,17H,11H2,1-3H3,(H,19,20). The summed E-state index contributed by atoms with van der Waals surface area (Å²) in [5.74, 6) is -1.26. The van der Waals surface area contributed by atoms with Crippen molar-refractivity contribution in [2.45, 2.75) is 33.1 Å². The van der Waals surface area contributed by atoms with Crippen molar-refractivity contribution in [1.82, 2.24) is 0 Å². The van der Waals surface area contributed by atoms with Crippen molar-refractivity contribution in [3.63, 3.8) is 0 Å². The van der Waals surface area contributed by atoms with Crippen molar-refractivity contribution in [2.24, 2.45) is 0 Å². The average molecular weight is 268 g/mol. The van der Waals surface area contributed by atoms with E-state index >= 15 is 0 Å². The molecule has 0 bridgehead atoms. The molecule has 0 aliphatic carbocycles. The molecule has 0 heterocycles. The highest BCUT2D eigenvalue weighted by atomic mass is 16.4. The van der Waals surface area contributed by atoms with Gasteiger partial charge in [-0.05, 0) is 49.4 Å². The van der Waals surface area contributed by atoms with E-state index in [-0.39, 0.29) is 0 Å². The monoisotopic (exact) mass is 268 g/mol. The lowest BCUT2D eigenvalue weighted by molar-refractivity contribution is -0.138. The first-order chi connectivity index (χ1) is 9.47. The molecule has 0 saturated carbocycles. The molecule has 104 valence electrons. The predicted octanol–water partition coefficient (Wildman–Crippen LogP) is 4.02. The average Bonchev–Trinajstić information content (AvgIpc) is 2.39. The molecule has 2 nitrogen and oxygen atoms in total. The van der Waals surface area contributed by atoms with E-state index in [0.717, 1.165) is 22.3 Å². The Bertz CT molecular complexity index is 629. The molecule has 0 radical (unpaired) electrons. The number of aliphatic carboxylic acids is 1. The van der Waals surface area contributed by atoms with Gasteiger partial charge in [-0.15, -0.1) is 0 Å². The predicted molar refractivity (Wildman–Crippen MR) is 81.2 cm³/mol. The van der Waals surface area contributed by atoms with Crippen LogP contribution in [-0.2, 0) is 11.2 Å². The Kier molecular flexibility index (Phi) is 4.23. The van der Waals surface area contributed by atoms with Crippen molar-refractivity contribution in [3.8, 4) is 0 Å². The molecule has 2 heteroatoms. The fraction of sp³-hybridized carbons (Fsp3) is 0.278. The van der Waals surface area contributed by atoms with Crippen LogP contribution in [0.3, 0.4) is 0 Å². The smallest absolute Gasteiger partial charge is 0.311 e. The van der Waals surface area contributed by atoms with Gasteiger partial charge < -0.3 is 5.11 Å². The van der Waals surface area contributed by atoms with Crippen LogP contribution in [0.4, 0.5) is 0 Å². The van der Waals surface area contributed by atoms with Gasteiger partial charge in [0.05, 0.1) is 5.92 Å². The lowest BCUT2D eigenvalue weighted by Crippen LogP contribution is -2.14. The number of carboxylic acids is 1. The van der Waals surface area contributed by atoms with Crippen molar-refractivity contribution in [1.29, 1.82) is 0 Å². The molecule has 1 N–H and O–H groups in total. The van der Waals surface area contributed by atoms with E-state index in [1.807, 2.05) is 57.2 Å². The van der Waals surface area contributed by atoms with E-state index < -0.39 is 11.9 Å². The number of hydrogen-bond acceptors (Lipinski definition) is 1. The Labute approximate surface area is 120 Å². The molecular formula is C18H20O2. The minimum atomic E-state index is -0.769. The molecule has 20 heavy (non-hydrogen) atoms. The number of carboxylic acid groups (broad SMARTS) is 1. The van der Waals surface area contributed by atoms with Gasteiger partial charge in [0.25, 0.3) is 0 Å². The zero-order valence-electron chi connectivity index (χ0n) is 12.2. The fourth-order valence-electron chi connectivity index (χ4n) is 2.40. The third kappa shape index (κ3) is 3.27. The molecule has 0 aliphatic heterocycles. The van der Waals surface area contributed by atoms with Gasteiger partial charge >= 0.3 is 5.97 Å². The van der Waals surface area contributed by atoms with Crippen LogP contribution in [0.2, 0.25) is 0 Å². The Morgan fingerprint density at radius 2 is 1.80 bits per heavy atom. The second-order valence-corrected chi connectivity index (χ2v) is 5.43. The van der Waals surface area contributed by atoms with E-state index in [4.69, 9.17) is 0 Å². The van der Waals surface area contributed by atoms with Gasteiger partial charge in [0.1, 0.15) is 0 Å². The minimum Gasteiger partial charge on any atom is -0.481 e. The van der Waals surface area contributed by atoms with Crippen molar-refractivity contribution in [2.75, 3.05) is 0 Å². The number of carbonyl (C=O) groups is 1. The fourth-order valence-corrected chi connectivity index (χ4v) is 2.40. The summed E-state index contributed by atoms with van der Waals surface area (Å²) in [5.41, 5.74) is 5.43. The summed E-state index contributed by atoms with van der Waals surface area (Å²) >= 11 is 0. The zero-order valence-corrected chi connectivity index (χ0v) is 12.2. The highest BCUT2D eigenvalue weighted by Crippen LogP contribution is 2.24. The molecule has 2 aromatic carbocycles. The van der Waals surface area contributed by atoms with Gasteiger partial charge in [0, 0.05) is 0 Å². The van der Waals surface area contributed by atoms with Gasteiger partial charge in [-0.25, -0.2) is 0 Å².